The minimum absolute atomic E-state index is 0.0351. The van der Waals surface area contributed by atoms with Gasteiger partial charge >= 0.3 is 12.1 Å². The second kappa shape index (κ2) is 4.38. The summed E-state index contributed by atoms with van der Waals surface area (Å²) in [6.45, 7) is 1.45. The van der Waals surface area contributed by atoms with Gasteiger partial charge in [0.2, 0.25) is 0 Å². The summed E-state index contributed by atoms with van der Waals surface area (Å²) in [4.78, 5) is 14.6. The highest BCUT2D eigenvalue weighted by Gasteiger charge is 2.38. The first-order valence-corrected chi connectivity index (χ1v) is 4.36. The van der Waals surface area contributed by atoms with E-state index in [0.29, 0.717) is 0 Å². The number of hydrogen-bond donors (Lipinski definition) is 1. The quantitative estimate of drug-likeness (QED) is 0.793. The van der Waals surface area contributed by atoms with Crippen LogP contribution in [0.4, 0.5) is 18.9 Å². The molecule has 0 bridgehead atoms. The van der Waals surface area contributed by atoms with Crippen LogP contribution in [0, 0.1) is 0 Å². The molecule has 0 spiro atoms. The molecule has 0 saturated carbocycles. The molecule has 1 heterocycles. The number of nitrogen functional groups attached to an aromatic ring is 1. The highest BCUT2D eigenvalue weighted by Crippen LogP contribution is 2.35. The van der Waals surface area contributed by atoms with Crippen molar-refractivity contribution in [3.05, 3.63) is 23.5 Å². The topological polar surface area (TPSA) is 65.2 Å². The van der Waals surface area contributed by atoms with Gasteiger partial charge in [-0.15, -0.1) is 0 Å². The fraction of sp³-hybridized carbons (Fsp3) is 0.333. The smallest absolute Gasteiger partial charge is 0.420 e. The predicted molar refractivity (Wildman–Crippen MR) is 49.6 cm³/mol. The van der Waals surface area contributed by atoms with Crippen LogP contribution in [0.2, 0.25) is 0 Å². The van der Waals surface area contributed by atoms with Crippen molar-refractivity contribution >= 4 is 11.7 Å². The lowest BCUT2D eigenvalue weighted by atomic mass is 10.1. The monoisotopic (exact) mass is 234 g/mol. The molecule has 7 heteroatoms. The van der Waals surface area contributed by atoms with E-state index in [1.807, 2.05) is 0 Å². The zero-order valence-corrected chi connectivity index (χ0v) is 8.34. The normalized spacial score (nSPS) is 11.2. The van der Waals surface area contributed by atoms with Crippen LogP contribution in [0.5, 0.6) is 0 Å². The first kappa shape index (κ1) is 12.3. The van der Waals surface area contributed by atoms with Crippen LogP contribution in [0.15, 0.2) is 12.3 Å². The Balaban J connectivity index is 3.29. The number of nitrogens with zero attached hydrogens (tertiary/aromatic N) is 1. The largest absolute Gasteiger partial charge is 0.461 e. The van der Waals surface area contributed by atoms with E-state index < -0.39 is 29.1 Å². The van der Waals surface area contributed by atoms with Crippen LogP contribution in [-0.2, 0) is 10.9 Å². The van der Waals surface area contributed by atoms with Crippen molar-refractivity contribution < 1.29 is 22.7 Å². The summed E-state index contributed by atoms with van der Waals surface area (Å²) < 4.78 is 42.2. The molecule has 0 aromatic carbocycles. The van der Waals surface area contributed by atoms with Gasteiger partial charge in [0.05, 0.1) is 6.61 Å². The molecule has 0 aliphatic heterocycles. The summed E-state index contributed by atoms with van der Waals surface area (Å²) >= 11 is 0. The van der Waals surface area contributed by atoms with Gasteiger partial charge in [0.15, 0.2) is 5.69 Å². The number of hydrogen-bond acceptors (Lipinski definition) is 4. The van der Waals surface area contributed by atoms with Crippen LogP contribution < -0.4 is 5.73 Å². The molecule has 0 fully saturated rings. The number of pyridine rings is 1. The summed E-state index contributed by atoms with van der Waals surface area (Å²) in [6.07, 6.45) is -3.71. The number of aromatic nitrogens is 1. The zero-order valence-electron chi connectivity index (χ0n) is 8.34. The molecule has 4 nitrogen and oxygen atoms in total. The Labute approximate surface area is 89.2 Å². The zero-order chi connectivity index (χ0) is 12.3. The molecule has 1 aromatic heterocycles. The SMILES string of the molecule is CCOC(=O)c1nccc(N)c1C(F)(F)F. The Morgan fingerprint density at radius 1 is 1.56 bits per heavy atom. The number of ether oxygens (including phenoxy) is 1. The number of anilines is 1. The van der Waals surface area contributed by atoms with E-state index in [-0.39, 0.29) is 6.61 Å². The predicted octanol–water partition coefficient (Wildman–Crippen LogP) is 1.86. The van der Waals surface area contributed by atoms with E-state index in [9.17, 15) is 18.0 Å². The molecule has 16 heavy (non-hydrogen) atoms. The van der Waals surface area contributed by atoms with Crippen LogP contribution in [0.25, 0.3) is 0 Å². The average molecular weight is 234 g/mol. The van der Waals surface area contributed by atoms with E-state index in [1.54, 1.807) is 0 Å². The number of nitrogens with two attached hydrogens (primary N) is 1. The third-order valence-corrected chi connectivity index (χ3v) is 1.74. The summed E-state index contributed by atoms with van der Waals surface area (Å²) in [5.74, 6) is -1.14. The van der Waals surface area contributed by atoms with Crippen LogP contribution >= 0.6 is 0 Å². The molecular formula is C9H9F3N2O2. The van der Waals surface area contributed by atoms with Crippen molar-refractivity contribution in [2.75, 3.05) is 12.3 Å². The van der Waals surface area contributed by atoms with Crippen LogP contribution in [-0.4, -0.2) is 17.6 Å². The molecular weight excluding hydrogens is 225 g/mol. The molecule has 1 rings (SSSR count). The molecule has 0 aliphatic carbocycles. The average Bonchev–Trinajstić information content (AvgIpc) is 2.15. The lowest BCUT2D eigenvalue weighted by Gasteiger charge is -2.12. The Hall–Kier alpha value is -1.79. The van der Waals surface area contributed by atoms with E-state index >= 15 is 0 Å². The van der Waals surface area contributed by atoms with Gasteiger partial charge in [-0.25, -0.2) is 9.78 Å². The summed E-state index contributed by atoms with van der Waals surface area (Å²) in [6, 6.07) is 0.978. The first-order chi connectivity index (χ1) is 7.38. The van der Waals surface area contributed by atoms with Crippen molar-refractivity contribution in [2.45, 2.75) is 13.1 Å². The van der Waals surface area contributed by atoms with Crippen molar-refractivity contribution in [2.24, 2.45) is 0 Å². The number of carbonyl (C=O) groups excluding carboxylic acids is 1. The van der Waals surface area contributed by atoms with Crippen molar-refractivity contribution in [1.29, 1.82) is 0 Å². The summed E-state index contributed by atoms with van der Waals surface area (Å²) in [7, 11) is 0. The molecule has 0 amide bonds. The van der Waals surface area contributed by atoms with Gasteiger partial charge < -0.3 is 10.5 Å². The maximum atomic E-state index is 12.6. The molecule has 2 N–H and O–H groups in total. The fourth-order valence-electron chi connectivity index (χ4n) is 1.13. The number of halogens is 3. The van der Waals surface area contributed by atoms with Crippen LogP contribution in [0.3, 0.4) is 0 Å². The van der Waals surface area contributed by atoms with Gasteiger partial charge in [0.1, 0.15) is 5.56 Å². The van der Waals surface area contributed by atoms with Gasteiger partial charge in [-0.2, -0.15) is 13.2 Å². The van der Waals surface area contributed by atoms with E-state index in [1.165, 1.54) is 6.92 Å². The number of alkyl halides is 3. The minimum atomic E-state index is -4.74. The van der Waals surface area contributed by atoms with Gasteiger partial charge in [-0.05, 0) is 13.0 Å². The number of rotatable bonds is 2. The first-order valence-electron chi connectivity index (χ1n) is 4.36. The molecule has 88 valence electrons. The number of esters is 1. The summed E-state index contributed by atoms with van der Waals surface area (Å²) in [5, 5.41) is 0. The third kappa shape index (κ3) is 2.41. The Kier molecular flexibility index (Phi) is 3.36. The Bertz CT molecular complexity index is 404. The highest BCUT2D eigenvalue weighted by atomic mass is 19.4. The second-order valence-electron chi connectivity index (χ2n) is 2.84. The molecule has 0 atom stereocenters. The van der Waals surface area contributed by atoms with E-state index in [4.69, 9.17) is 5.73 Å². The molecule has 0 aliphatic rings. The maximum absolute atomic E-state index is 12.6. The third-order valence-electron chi connectivity index (χ3n) is 1.74. The number of carbonyl (C=O) groups is 1. The van der Waals surface area contributed by atoms with Crippen molar-refractivity contribution in [3.8, 4) is 0 Å². The molecule has 0 unspecified atom stereocenters. The lowest BCUT2D eigenvalue weighted by Crippen LogP contribution is -2.19. The maximum Gasteiger partial charge on any atom is 0.420 e. The van der Waals surface area contributed by atoms with E-state index in [2.05, 4.69) is 9.72 Å². The summed E-state index contributed by atoms with van der Waals surface area (Å²) in [5.41, 5.74) is 2.56. The fourth-order valence-corrected chi connectivity index (χ4v) is 1.13. The molecule has 1 aromatic rings. The van der Waals surface area contributed by atoms with Crippen LogP contribution in [0.1, 0.15) is 23.0 Å². The minimum Gasteiger partial charge on any atom is -0.461 e. The van der Waals surface area contributed by atoms with Crippen molar-refractivity contribution in [3.63, 3.8) is 0 Å². The second-order valence-corrected chi connectivity index (χ2v) is 2.84. The Morgan fingerprint density at radius 3 is 2.69 bits per heavy atom. The molecule has 0 radical (unpaired) electrons. The van der Waals surface area contributed by atoms with Crippen molar-refractivity contribution in [1.82, 2.24) is 4.98 Å². The van der Waals surface area contributed by atoms with Gasteiger partial charge in [0.25, 0.3) is 0 Å². The highest BCUT2D eigenvalue weighted by molar-refractivity contribution is 5.90. The standard InChI is InChI=1S/C9H9F3N2O2/c1-2-16-8(15)7-6(9(10,11)12)5(13)3-4-14-7/h3-4H,2H2,1H3,(H2,13,14). The molecule has 0 saturated heterocycles. The van der Waals surface area contributed by atoms with Gasteiger partial charge in [-0.1, -0.05) is 0 Å². The van der Waals surface area contributed by atoms with Gasteiger partial charge in [0, 0.05) is 11.9 Å². The Morgan fingerprint density at radius 2 is 2.19 bits per heavy atom. The lowest BCUT2D eigenvalue weighted by molar-refractivity contribution is -0.137. The van der Waals surface area contributed by atoms with E-state index in [0.717, 1.165) is 12.3 Å². The van der Waals surface area contributed by atoms with Gasteiger partial charge in [-0.3, -0.25) is 0 Å².